The van der Waals surface area contributed by atoms with Crippen molar-refractivity contribution >= 4 is 42.3 Å². The molecule has 39 heavy (non-hydrogen) atoms. The molecule has 2 aromatic carbocycles. The maximum absolute atomic E-state index is 13.4. The minimum Gasteiger partial charge on any atom is -0.508 e. The molecule has 0 aliphatic carbocycles. The number of phenols is 1. The summed E-state index contributed by atoms with van der Waals surface area (Å²) in [5, 5.41) is 35.2. The van der Waals surface area contributed by atoms with Crippen LogP contribution in [0.2, 0.25) is 0 Å². The molecule has 2 aromatic rings. The topological polar surface area (TPSA) is 208 Å². The van der Waals surface area contributed by atoms with Crippen LogP contribution in [0.15, 0.2) is 54.6 Å². The van der Waals surface area contributed by atoms with Crippen LogP contribution < -0.4 is 21.7 Å². The van der Waals surface area contributed by atoms with Crippen molar-refractivity contribution in [2.75, 3.05) is 5.75 Å². The molecule has 8 N–H and O–H groups in total. The third kappa shape index (κ3) is 10.7. The van der Waals surface area contributed by atoms with Crippen LogP contribution in [-0.4, -0.2) is 74.9 Å². The van der Waals surface area contributed by atoms with E-state index in [1.165, 1.54) is 12.1 Å². The molecule has 0 saturated heterocycles. The second-order valence-corrected chi connectivity index (χ2v) is 9.17. The Bertz CT molecular complexity index is 1150. The molecule has 12 nitrogen and oxygen atoms in total. The summed E-state index contributed by atoms with van der Waals surface area (Å²) in [6, 6.07) is 9.69. The van der Waals surface area contributed by atoms with Gasteiger partial charge >= 0.3 is 11.9 Å². The summed E-state index contributed by atoms with van der Waals surface area (Å²) in [7, 11) is 0. The molecular weight excluding hydrogens is 528 g/mol. The number of nitrogens with one attached hydrogen (secondary N) is 3. The number of aliphatic carboxylic acids is 2. The zero-order valence-corrected chi connectivity index (χ0v) is 21.8. The Balaban J connectivity index is 2.28. The van der Waals surface area contributed by atoms with Crippen LogP contribution in [0.4, 0.5) is 0 Å². The molecule has 2 rings (SSSR count). The molecule has 0 fully saturated rings. The Hall–Kier alpha value is -4.10. The van der Waals surface area contributed by atoms with Gasteiger partial charge in [-0.3, -0.25) is 19.2 Å². The normalized spacial score (nSPS) is 13.8. The number of rotatable bonds is 15. The van der Waals surface area contributed by atoms with Crippen molar-refractivity contribution in [3.05, 3.63) is 65.7 Å². The van der Waals surface area contributed by atoms with Crippen molar-refractivity contribution in [3.8, 4) is 5.75 Å². The molecule has 3 amide bonds. The minimum absolute atomic E-state index is 0.00493. The summed E-state index contributed by atoms with van der Waals surface area (Å²) in [5.74, 6) is -4.90. The molecular formula is C26H32N4O8S. The highest BCUT2D eigenvalue weighted by Crippen LogP contribution is 2.12. The Morgan fingerprint density at radius 1 is 0.744 bits per heavy atom. The van der Waals surface area contributed by atoms with E-state index in [4.69, 9.17) is 10.8 Å². The summed E-state index contributed by atoms with van der Waals surface area (Å²) >= 11 is 3.95. The molecule has 0 aliphatic heterocycles. The summed E-state index contributed by atoms with van der Waals surface area (Å²) in [4.78, 5) is 61.4. The van der Waals surface area contributed by atoms with E-state index in [2.05, 4.69) is 28.6 Å². The summed E-state index contributed by atoms with van der Waals surface area (Å²) < 4.78 is 0. The first-order chi connectivity index (χ1) is 18.5. The van der Waals surface area contributed by atoms with E-state index in [1.54, 1.807) is 42.5 Å². The lowest BCUT2D eigenvalue weighted by molar-refractivity contribution is -0.141. The molecule has 0 bridgehead atoms. The monoisotopic (exact) mass is 560 g/mol. The smallest absolute Gasteiger partial charge is 0.327 e. The number of nitrogens with two attached hydrogens (primary N) is 1. The third-order valence-corrected chi connectivity index (χ3v) is 6.09. The van der Waals surface area contributed by atoms with Gasteiger partial charge in [-0.1, -0.05) is 42.5 Å². The Labute approximate surface area is 230 Å². The van der Waals surface area contributed by atoms with Crippen LogP contribution in [0, 0.1) is 0 Å². The van der Waals surface area contributed by atoms with E-state index in [0.29, 0.717) is 11.1 Å². The largest absolute Gasteiger partial charge is 0.508 e. The maximum Gasteiger partial charge on any atom is 0.327 e. The number of phenolic OH excluding ortho intramolecular Hbond substituents is 1. The zero-order valence-electron chi connectivity index (χ0n) is 20.9. The number of aromatic hydroxyl groups is 1. The molecule has 0 heterocycles. The van der Waals surface area contributed by atoms with Crippen LogP contribution in [0.25, 0.3) is 0 Å². The van der Waals surface area contributed by atoms with Gasteiger partial charge in [-0.2, -0.15) is 12.6 Å². The SMILES string of the molecule is NC(CCC(=O)O)C(=O)NC(Cc1ccccc1)C(=O)NC(Cc1ccc(O)cc1)C(=O)NC(CS)C(=O)O. The van der Waals surface area contributed by atoms with E-state index < -0.39 is 53.8 Å². The molecule has 4 unspecified atom stereocenters. The number of carbonyl (C=O) groups is 5. The summed E-state index contributed by atoms with van der Waals surface area (Å²) in [5.41, 5.74) is 7.07. The highest BCUT2D eigenvalue weighted by molar-refractivity contribution is 7.80. The van der Waals surface area contributed by atoms with Gasteiger partial charge in [-0.25, -0.2) is 4.79 Å². The number of carboxylic acids is 2. The van der Waals surface area contributed by atoms with Gasteiger partial charge in [0, 0.05) is 25.0 Å². The number of thiol groups is 1. The third-order valence-electron chi connectivity index (χ3n) is 5.73. The second-order valence-electron chi connectivity index (χ2n) is 8.80. The summed E-state index contributed by atoms with van der Waals surface area (Å²) in [6.07, 6.45) is -0.505. The highest BCUT2D eigenvalue weighted by Gasteiger charge is 2.30. The van der Waals surface area contributed by atoms with Crippen molar-refractivity contribution in [1.29, 1.82) is 0 Å². The first-order valence-corrected chi connectivity index (χ1v) is 12.7. The van der Waals surface area contributed by atoms with Crippen molar-refractivity contribution in [2.45, 2.75) is 49.9 Å². The Morgan fingerprint density at radius 3 is 1.72 bits per heavy atom. The average Bonchev–Trinajstić information content (AvgIpc) is 2.90. The van der Waals surface area contributed by atoms with E-state index in [-0.39, 0.29) is 37.2 Å². The fourth-order valence-corrected chi connectivity index (χ4v) is 3.80. The number of carbonyl (C=O) groups excluding carboxylic acids is 3. The average molecular weight is 561 g/mol. The number of carboxylic acid groups (broad SMARTS) is 2. The molecule has 210 valence electrons. The Morgan fingerprint density at radius 2 is 1.23 bits per heavy atom. The van der Waals surface area contributed by atoms with E-state index in [1.807, 2.05) is 0 Å². The standard InChI is InChI=1S/C26H32N4O8S/c27-18(10-11-22(32)33)23(34)28-19(12-15-4-2-1-3-5-15)24(35)29-20(13-16-6-8-17(31)9-7-16)25(36)30-21(14-39)26(37)38/h1-9,18-21,31,39H,10-14,27H2,(H,28,34)(H,29,35)(H,30,36)(H,32,33)(H,37,38). The molecule has 0 radical (unpaired) electrons. The van der Waals surface area contributed by atoms with Gasteiger partial charge in [0.05, 0.1) is 6.04 Å². The van der Waals surface area contributed by atoms with Crippen LogP contribution >= 0.6 is 12.6 Å². The van der Waals surface area contributed by atoms with Gasteiger partial charge in [0.2, 0.25) is 17.7 Å². The second kappa shape index (κ2) is 15.3. The Kier molecular flexibility index (Phi) is 12.2. The quantitative estimate of drug-likeness (QED) is 0.136. The first-order valence-electron chi connectivity index (χ1n) is 12.0. The van der Waals surface area contributed by atoms with Crippen LogP contribution in [0.5, 0.6) is 5.75 Å². The first kappa shape index (κ1) is 31.1. The molecule has 0 spiro atoms. The predicted octanol–water partition coefficient (Wildman–Crippen LogP) is -0.162. The number of hydrogen-bond acceptors (Lipinski definition) is 8. The van der Waals surface area contributed by atoms with E-state index in [0.717, 1.165) is 0 Å². The number of amides is 3. The lowest BCUT2D eigenvalue weighted by atomic mass is 10.0. The minimum atomic E-state index is -1.31. The van der Waals surface area contributed by atoms with Gasteiger partial charge in [0.25, 0.3) is 0 Å². The predicted molar refractivity (Wildman–Crippen MR) is 144 cm³/mol. The molecule has 4 atom stereocenters. The molecule has 0 saturated carbocycles. The van der Waals surface area contributed by atoms with Crippen molar-refractivity contribution in [2.24, 2.45) is 5.73 Å². The van der Waals surface area contributed by atoms with Gasteiger partial charge in [-0.15, -0.1) is 0 Å². The van der Waals surface area contributed by atoms with E-state index >= 15 is 0 Å². The van der Waals surface area contributed by atoms with Gasteiger partial charge < -0.3 is 37.0 Å². The highest BCUT2D eigenvalue weighted by atomic mass is 32.1. The van der Waals surface area contributed by atoms with Crippen molar-refractivity contribution in [1.82, 2.24) is 16.0 Å². The number of benzene rings is 2. The van der Waals surface area contributed by atoms with Crippen LogP contribution in [0.3, 0.4) is 0 Å². The zero-order chi connectivity index (χ0) is 28.9. The van der Waals surface area contributed by atoms with Crippen LogP contribution in [-0.2, 0) is 36.8 Å². The van der Waals surface area contributed by atoms with Crippen molar-refractivity contribution in [3.63, 3.8) is 0 Å². The van der Waals surface area contributed by atoms with Gasteiger partial charge in [-0.05, 0) is 29.7 Å². The fraction of sp³-hybridized carbons (Fsp3) is 0.346. The van der Waals surface area contributed by atoms with Gasteiger partial charge in [0.15, 0.2) is 0 Å². The van der Waals surface area contributed by atoms with Crippen molar-refractivity contribution < 1.29 is 39.3 Å². The van der Waals surface area contributed by atoms with Gasteiger partial charge in [0.1, 0.15) is 23.9 Å². The lowest BCUT2D eigenvalue weighted by Gasteiger charge is -2.25. The lowest BCUT2D eigenvalue weighted by Crippen LogP contribution is -2.58. The fourth-order valence-electron chi connectivity index (χ4n) is 3.56. The molecule has 13 heteroatoms. The van der Waals surface area contributed by atoms with Crippen LogP contribution in [0.1, 0.15) is 24.0 Å². The molecule has 0 aromatic heterocycles. The summed E-state index contributed by atoms with van der Waals surface area (Å²) in [6.45, 7) is 0. The maximum atomic E-state index is 13.4. The van der Waals surface area contributed by atoms with E-state index in [9.17, 15) is 34.2 Å². The number of hydrogen-bond donors (Lipinski definition) is 8. The molecule has 0 aliphatic rings.